The molecule has 0 N–H and O–H groups in total. The third kappa shape index (κ3) is 4.80. The number of hydrogen-bond donors (Lipinski definition) is 0. The van der Waals surface area contributed by atoms with E-state index in [4.69, 9.17) is 9.47 Å². The van der Waals surface area contributed by atoms with Crippen molar-refractivity contribution in [2.24, 2.45) is 0 Å². The lowest BCUT2D eigenvalue weighted by Crippen LogP contribution is -2.33. The summed E-state index contributed by atoms with van der Waals surface area (Å²) in [5.74, 6) is -0.314. The van der Waals surface area contributed by atoms with E-state index in [1.165, 1.54) is 20.0 Å². The smallest absolute Gasteiger partial charge is 0.337 e. The topological polar surface area (TPSA) is 38.8 Å². The number of likely N-dealkylation sites (N-methyl/N-ethyl adjacent to an activating group) is 1. The van der Waals surface area contributed by atoms with Crippen molar-refractivity contribution in [1.29, 1.82) is 0 Å². The summed E-state index contributed by atoms with van der Waals surface area (Å²) >= 11 is 3.53. The van der Waals surface area contributed by atoms with Crippen molar-refractivity contribution in [3.63, 3.8) is 0 Å². The van der Waals surface area contributed by atoms with Crippen molar-refractivity contribution in [3.05, 3.63) is 33.8 Å². The summed E-state index contributed by atoms with van der Waals surface area (Å²) in [6.07, 6.45) is 3.93. The van der Waals surface area contributed by atoms with Crippen LogP contribution in [0.15, 0.2) is 22.7 Å². The predicted octanol–water partition coefficient (Wildman–Crippen LogP) is 3.24. The highest BCUT2D eigenvalue weighted by Gasteiger charge is 2.17. The summed E-state index contributed by atoms with van der Waals surface area (Å²) in [6, 6.07) is 5.58. The quantitative estimate of drug-likeness (QED) is 0.760. The van der Waals surface area contributed by atoms with Gasteiger partial charge >= 0.3 is 5.97 Å². The van der Waals surface area contributed by atoms with Gasteiger partial charge < -0.3 is 9.47 Å². The van der Waals surface area contributed by atoms with Crippen molar-refractivity contribution >= 4 is 21.9 Å². The molecule has 5 heteroatoms. The van der Waals surface area contributed by atoms with E-state index < -0.39 is 0 Å². The molecule has 4 nitrogen and oxygen atoms in total. The lowest BCUT2D eigenvalue weighted by atomic mass is 10.1. The molecule has 1 saturated heterocycles. The molecular formula is C16H22BrNO3. The zero-order valence-corrected chi connectivity index (χ0v) is 14.2. The lowest BCUT2D eigenvalue weighted by Gasteiger charge is -2.27. The number of carbonyl (C=O) groups is 1. The van der Waals surface area contributed by atoms with Crippen LogP contribution in [0.4, 0.5) is 0 Å². The minimum atomic E-state index is -0.314. The molecule has 1 aromatic carbocycles. The van der Waals surface area contributed by atoms with Gasteiger partial charge in [0.1, 0.15) is 0 Å². The van der Waals surface area contributed by atoms with E-state index in [9.17, 15) is 4.79 Å². The number of methoxy groups -OCH3 is 1. The number of nitrogens with zero attached hydrogens (tertiary/aromatic N) is 1. The first-order valence-electron chi connectivity index (χ1n) is 7.27. The van der Waals surface area contributed by atoms with E-state index in [2.05, 4.69) is 27.9 Å². The van der Waals surface area contributed by atoms with E-state index in [1.54, 1.807) is 6.07 Å². The largest absolute Gasteiger partial charge is 0.465 e. The van der Waals surface area contributed by atoms with Crippen LogP contribution in [0.25, 0.3) is 0 Å². The highest BCUT2D eigenvalue weighted by atomic mass is 79.9. The van der Waals surface area contributed by atoms with Crippen LogP contribution in [0.1, 0.15) is 35.2 Å². The number of carbonyl (C=O) groups excluding carboxylic acids is 1. The van der Waals surface area contributed by atoms with Crippen molar-refractivity contribution < 1.29 is 14.3 Å². The molecule has 116 valence electrons. The van der Waals surface area contributed by atoms with Crippen molar-refractivity contribution in [2.45, 2.75) is 31.9 Å². The maximum atomic E-state index is 11.5. The van der Waals surface area contributed by atoms with Gasteiger partial charge in [0.2, 0.25) is 0 Å². The third-order valence-electron chi connectivity index (χ3n) is 3.70. The molecule has 0 aliphatic carbocycles. The molecule has 1 heterocycles. The van der Waals surface area contributed by atoms with Gasteiger partial charge in [-0.05, 0) is 44.0 Å². The molecule has 0 saturated carbocycles. The Morgan fingerprint density at radius 2 is 2.29 bits per heavy atom. The Balaban J connectivity index is 1.93. The zero-order valence-electron chi connectivity index (χ0n) is 12.6. The third-order valence-corrected chi connectivity index (χ3v) is 4.44. The summed E-state index contributed by atoms with van der Waals surface area (Å²) < 4.78 is 11.4. The Morgan fingerprint density at radius 1 is 1.48 bits per heavy atom. The number of ether oxygens (including phenoxy) is 2. The second-order valence-electron chi connectivity index (χ2n) is 5.48. The Morgan fingerprint density at radius 3 is 2.90 bits per heavy atom. The van der Waals surface area contributed by atoms with Crippen LogP contribution in [0, 0.1) is 0 Å². The second kappa shape index (κ2) is 7.92. The standard InChI is InChI=1S/C16H22BrNO3/c1-18(11-14-5-3-4-8-21-14)10-13-7-6-12(9-15(13)17)16(19)20-2/h6-7,9,14H,3-5,8,10-11H2,1-2H3. The molecule has 1 aliphatic heterocycles. The van der Waals surface area contributed by atoms with Crippen LogP contribution >= 0.6 is 15.9 Å². The maximum Gasteiger partial charge on any atom is 0.337 e. The molecule has 1 atom stereocenters. The predicted molar refractivity (Wildman–Crippen MR) is 85.4 cm³/mol. The van der Waals surface area contributed by atoms with Gasteiger partial charge in [-0.2, -0.15) is 0 Å². The minimum Gasteiger partial charge on any atom is -0.465 e. The molecule has 0 aromatic heterocycles. The Bertz CT molecular complexity index is 486. The summed E-state index contributed by atoms with van der Waals surface area (Å²) in [5.41, 5.74) is 1.72. The molecule has 1 fully saturated rings. The molecule has 1 aromatic rings. The van der Waals surface area contributed by atoms with Gasteiger partial charge in [-0.25, -0.2) is 4.79 Å². The second-order valence-corrected chi connectivity index (χ2v) is 6.34. The first-order chi connectivity index (χ1) is 10.1. The first-order valence-corrected chi connectivity index (χ1v) is 8.06. The Labute approximate surface area is 134 Å². The van der Waals surface area contributed by atoms with Gasteiger partial charge in [-0.15, -0.1) is 0 Å². The number of halogens is 1. The van der Waals surface area contributed by atoms with Gasteiger partial charge in [0.05, 0.1) is 18.8 Å². The fraction of sp³-hybridized carbons (Fsp3) is 0.562. The molecular weight excluding hydrogens is 334 g/mol. The maximum absolute atomic E-state index is 11.5. The van der Waals surface area contributed by atoms with E-state index in [0.717, 1.165) is 36.2 Å². The number of hydrogen-bond acceptors (Lipinski definition) is 4. The molecule has 0 bridgehead atoms. The van der Waals surface area contributed by atoms with Crippen LogP contribution in [0.5, 0.6) is 0 Å². The van der Waals surface area contributed by atoms with Gasteiger partial charge in [0, 0.05) is 24.2 Å². The Kier molecular flexibility index (Phi) is 6.21. The average Bonchev–Trinajstić information content (AvgIpc) is 2.49. The van der Waals surface area contributed by atoms with E-state index in [1.807, 2.05) is 12.1 Å². The molecule has 1 aliphatic rings. The van der Waals surface area contributed by atoms with Crippen LogP contribution < -0.4 is 0 Å². The molecule has 0 spiro atoms. The SMILES string of the molecule is COC(=O)c1ccc(CN(C)CC2CCCCO2)c(Br)c1. The number of esters is 1. The highest BCUT2D eigenvalue weighted by molar-refractivity contribution is 9.10. The lowest BCUT2D eigenvalue weighted by molar-refractivity contribution is -0.00261. The number of benzene rings is 1. The monoisotopic (exact) mass is 355 g/mol. The summed E-state index contributed by atoms with van der Waals surface area (Å²) in [4.78, 5) is 13.7. The molecule has 0 radical (unpaired) electrons. The first kappa shape index (κ1) is 16.5. The zero-order chi connectivity index (χ0) is 15.2. The van der Waals surface area contributed by atoms with Crippen LogP contribution in [0.2, 0.25) is 0 Å². The van der Waals surface area contributed by atoms with E-state index in [0.29, 0.717) is 11.7 Å². The van der Waals surface area contributed by atoms with Crippen LogP contribution in [-0.4, -0.2) is 44.3 Å². The van der Waals surface area contributed by atoms with Crippen molar-refractivity contribution in [1.82, 2.24) is 4.90 Å². The van der Waals surface area contributed by atoms with Gasteiger partial charge in [-0.1, -0.05) is 22.0 Å². The molecule has 1 unspecified atom stereocenters. The summed E-state index contributed by atoms with van der Waals surface area (Å²) in [7, 11) is 3.49. The number of rotatable bonds is 5. The van der Waals surface area contributed by atoms with Crippen LogP contribution in [0.3, 0.4) is 0 Å². The fourth-order valence-electron chi connectivity index (χ4n) is 2.57. The van der Waals surface area contributed by atoms with Gasteiger partial charge in [0.25, 0.3) is 0 Å². The van der Waals surface area contributed by atoms with Crippen molar-refractivity contribution in [2.75, 3.05) is 27.3 Å². The Hall–Kier alpha value is -0.910. The fourth-order valence-corrected chi connectivity index (χ4v) is 3.08. The summed E-state index contributed by atoms with van der Waals surface area (Å²) in [5, 5.41) is 0. The van der Waals surface area contributed by atoms with E-state index >= 15 is 0 Å². The molecule has 21 heavy (non-hydrogen) atoms. The van der Waals surface area contributed by atoms with Crippen molar-refractivity contribution in [3.8, 4) is 0 Å². The van der Waals surface area contributed by atoms with E-state index in [-0.39, 0.29) is 5.97 Å². The van der Waals surface area contributed by atoms with Crippen LogP contribution in [-0.2, 0) is 16.0 Å². The average molecular weight is 356 g/mol. The summed E-state index contributed by atoms with van der Waals surface area (Å²) in [6.45, 7) is 2.64. The minimum absolute atomic E-state index is 0.314. The van der Waals surface area contributed by atoms with Gasteiger partial charge in [-0.3, -0.25) is 4.90 Å². The van der Waals surface area contributed by atoms with Gasteiger partial charge in [0.15, 0.2) is 0 Å². The highest BCUT2D eigenvalue weighted by Crippen LogP contribution is 2.21. The molecule has 2 rings (SSSR count). The molecule has 0 amide bonds. The normalized spacial score (nSPS) is 18.8.